The van der Waals surface area contributed by atoms with Crippen molar-refractivity contribution in [2.45, 2.75) is 0 Å². The first-order chi connectivity index (χ1) is 8.74. The quantitative estimate of drug-likeness (QED) is 0.626. The van der Waals surface area contributed by atoms with Crippen LogP contribution >= 0.6 is 0 Å². The molecule has 92 valence electrons. The SMILES string of the molecule is COc1cc(OC)c2c(NN)c(C#N)cnc2c1. The lowest BCUT2D eigenvalue weighted by Gasteiger charge is -2.12. The highest BCUT2D eigenvalue weighted by atomic mass is 16.5. The zero-order valence-electron chi connectivity index (χ0n) is 10.0. The van der Waals surface area contributed by atoms with Crippen LogP contribution in [0.25, 0.3) is 10.9 Å². The number of rotatable bonds is 3. The highest BCUT2D eigenvalue weighted by Crippen LogP contribution is 2.36. The molecule has 6 heteroatoms. The van der Waals surface area contributed by atoms with E-state index in [1.807, 2.05) is 6.07 Å². The van der Waals surface area contributed by atoms with Gasteiger partial charge in [0.15, 0.2) is 0 Å². The van der Waals surface area contributed by atoms with E-state index in [0.717, 1.165) is 0 Å². The number of pyridine rings is 1. The maximum atomic E-state index is 9.02. The van der Waals surface area contributed by atoms with Crippen molar-refractivity contribution in [1.82, 2.24) is 4.98 Å². The highest BCUT2D eigenvalue weighted by molar-refractivity contribution is 5.99. The Kier molecular flexibility index (Phi) is 3.17. The Labute approximate surface area is 104 Å². The maximum absolute atomic E-state index is 9.02. The number of hydrogen-bond acceptors (Lipinski definition) is 6. The highest BCUT2D eigenvalue weighted by Gasteiger charge is 2.14. The zero-order chi connectivity index (χ0) is 13.1. The second-order valence-corrected chi connectivity index (χ2v) is 3.53. The van der Waals surface area contributed by atoms with Crippen LogP contribution in [0.1, 0.15) is 5.56 Å². The molecule has 1 aromatic heterocycles. The van der Waals surface area contributed by atoms with Crippen molar-refractivity contribution in [3.63, 3.8) is 0 Å². The number of nitrogens with zero attached hydrogens (tertiary/aromatic N) is 2. The van der Waals surface area contributed by atoms with E-state index in [9.17, 15) is 0 Å². The number of aromatic nitrogens is 1. The van der Waals surface area contributed by atoms with E-state index in [0.29, 0.717) is 33.7 Å². The van der Waals surface area contributed by atoms with Crippen LogP contribution in [-0.2, 0) is 0 Å². The molecule has 1 heterocycles. The van der Waals surface area contributed by atoms with Crippen molar-refractivity contribution in [2.75, 3.05) is 19.6 Å². The number of hydrogen-bond donors (Lipinski definition) is 2. The summed E-state index contributed by atoms with van der Waals surface area (Å²) < 4.78 is 10.4. The van der Waals surface area contributed by atoms with Crippen molar-refractivity contribution in [3.8, 4) is 17.6 Å². The molecule has 0 aliphatic rings. The first-order valence-electron chi connectivity index (χ1n) is 5.16. The lowest BCUT2D eigenvalue weighted by atomic mass is 10.1. The van der Waals surface area contributed by atoms with E-state index in [4.69, 9.17) is 20.6 Å². The Morgan fingerprint density at radius 1 is 1.33 bits per heavy atom. The smallest absolute Gasteiger partial charge is 0.134 e. The number of nitrogens with two attached hydrogens (primary N) is 1. The van der Waals surface area contributed by atoms with E-state index in [1.165, 1.54) is 13.3 Å². The van der Waals surface area contributed by atoms with Crippen molar-refractivity contribution < 1.29 is 9.47 Å². The summed E-state index contributed by atoms with van der Waals surface area (Å²) in [5.74, 6) is 6.64. The Balaban J connectivity index is 2.87. The Bertz CT molecular complexity index is 634. The average molecular weight is 244 g/mol. The molecule has 18 heavy (non-hydrogen) atoms. The molecule has 0 radical (unpaired) electrons. The molecule has 1 aromatic carbocycles. The van der Waals surface area contributed by atoms with Crippen LogP contribution in [0.15, 0.2) is 18.3 Å². The Hall–Kier alpha value is -2.52. The molecule has 0 spiro atoms. The number of nitriles is 1. The fraction of sp³-hybridized carbons (Fsp3) is 0.167. The van der Waals surface area contributed by atoms with E-state index >= 15 is 0 Å². The number of anilines is 1. The summed E-state index contributed by atoms with van der Waals surface area (Å²) in [5.41, 5.74) is 4.00. The Morgan fingerprint density at radius 3 is 2.67 bits per heavy atom. The summed E-state index contributed by atoms with van der Waals surface area (Å²) >= 11 is 0. The number of ether oxygens (including phenoxy) is 2. The van der Waals surface area contributed by atoms with Crippen molar-refractivity contribution in [3.05, 3.63) is 23.9 Å². The molecular formula is C12H12N4O2. The van der Waals surface area contributed by atoms with Crippen LogP contribution in [0.3, 0.4) is 0 Å². The average Bonchev–Trinajstić information content (AvgIpc) is 2.44. The lowest BCUT2D eigenvalue weighted by Crippen LogP contribution is -2.10. The van der Waals surface area contributed by atoms with Crippen LogP contribution in [-0.4, -0.2) is 19.2 Å². The molecule has 0 amide bonds. The van der Waals surface area contributed by atoms with Gasteiger partial charge in [-0.3, -0.25) is 10.8 Å². The number of methoxy groups -OCH3 is 2. The third-order valence-electron chi connectivity index (χ3n) is 2.63. The lowest BCUT2D eigenvalue weighted by molar-refractivity contribution is 0.398. The summed E-state index contributed by atoms with van der Waals surface area (Å²) in [5, 5.41) is 9.67. The van der Waals surface area contributed by atoms with Crippen LogP contribution < -0.4 is 20.7 Å². The number of nitrogen functional groups attached to an aromatic ring is 1. The standard InChI is InChI=1S/C12H12N4O2/c1-17-8-3-9-11(10(4-8)18-2)12(16-14)7(5-13)6-15-9/h3-4,6H,14H2,1-2H3,(H,15,16). The summed E-state index contributed by atoms with van der Waals surface area (Å²) in [6.07, 6.45) is 1.45. The second-order valence-electron chi connectivity index (χ2n) is 3.53. The van der Waals surface area contributed by atoms with Crippen LogP contribution in [0.2, 0.25) is 0 Å². The van der Waals surface area contributed by atoms with Gasteiger partial charge in [-0.15, -0.1) is 0 Å². The largest absolute Gasteiger partial charge is 0.497 e. The van der Waals surface area contributed by atoms with Gasteiger partial charge in [-0.1, -0.05) is 0 Å². The zero-order valence-corrected chi connectivity index (χ0v) is 10.0. The summed E-state index contributed by atoms with van der Waals surface area (Å²) in [4.78, 5) is 4.20. The minimum Gasteiger partial charge on any atom is -0.497 e. The Morgan fingerprint density at radius 2 is 2.11 bits per heavy atom. The van der Waals surface area contributed by atoms with Gasteiger partial charge in [0.05, 0.1) is 36.4 Å². The third-order valence-corrected chi connectivity index (χ3v) is 2.63. The number of hydrazine groups is 1. The molecule has 3 N–H and O–H groups in total. The van der Waals surface area contributed by atoms with E-state index in [2.05, 4.69) is 10.4 Å². The third kappa shape index (κ3) is 1.77. The molecule has 0 saturated heterocycles. The summed E-state index contributed by atoms with van der Waals surface area (Å²) in [6.45, 7) is 0. The number of benzene rings is 1. The van der Waals surface area contributed by atoms with Gasteiger partial charge >= 0.3 is 0 Å². The molecule has 2 aromatic rings. The fourth-order valence-electron chi connectivity index (χ4n) is 1.78. The molecule has 0 unspecified atom stereocenters. The molecule has 0 atom stereocenters. The fourth-order valence-corrected chi connectivity index (χ4v) is 1.78. The van der Waals surface area contributed by atoms with Gasteiger partial charge in [-0.25, -0.2) is 0 Å². The summed E-state index contributed by atoms with van der Waals surface area (Å²) in [7, 11) is 3.10. The molecule has 0 aliphatic heterocycles. The second kappa shape index (κ2) is 4.77. The molecule has 2 rings (SSSR count). The number of fused-ring (bicyclic) bond motifs is 1. The van der Waals surface area contributed by atoms with Crippen LogP contribution in [0.5, 0.6) is 11.5 Å². The predicted octanol–water partition coefficient (Wildman–Crippen LogP) is 1.41. The predicted molar refractivity (Wildman–Crippen MR) is 67.4 cm³/mol. The maximum Gasteiger partial charge on any atom is 0.134 e. The van der Waals surface area contributed by atoms with Gasteiger partial charge in [0.1, 0.15) is 17.6 Å². The molecular weight excluding hydrogens is 232 g/mol. The van der Waals surface area contributed by atoms with E-state index < -0.39 is 0 Å². The van der Waals surface area contributed by atoms with Crippen LogP contribution in [0.4, 0.5) is 5.69 Å². The normalized spacial score (nSPS) is 9.89. The van der Waals surface area contributed by atoms with Crippen molar-refractivity contribution in [1.29, 1.82) is 5.26 Å². The van der Waals surface area contributed by atoms with Gasteiger partial charge in [-0.05, 0) is 0 Å². The first-order valence-corrected chi connectivity index (χ1v) is 5.16. The molecule has 0 fully saturated rings. The van der Waals surface area contributed by atoms with E-state index in [1.54, 1.807) is 19.2 Å². The monoisotopic (exact) mass is 244 g/mol. The molecule has 6 nitrogen and oxygen atoms in total. The molecule has 0 saturated carbocycles. The summed E-state index contributed by atoms with van der Waals surface area (Å²) in [6, 6.07) is 5.49. The van der Waals surface area contributed by atoms with Gasteiger partial charge in [0.2, 0.25) is 0 Å². The first kappa shape index (κ1) is 12.0. The topological polar surface area (TPSA) is 93.2 Å². The molecule has 0 aliphatic carbocycles. The minimum atomic E-state index is 0.355. The van der Waals surface area contributed by atoms with E-state index in [-0.39, 0.29) is 0 Å². The van der Waals surface area contributed by atoms with Gasteiger partial charge in [0.25, 0.3) is 0 Å². The number of nitrogens with one attached hydrogen (secondary N) is 1. The van der Waals surface area contributed by atoms with Crippen molar-refractivity contribution in [2.24, 2.45) is 5.84 Å². The van der Waals surface area contributed by atoms with Gasteiger partial charge < -0.3 is 14.9 Å². The van der Waals surface area contributed by atoms with Crippen molar-refractivity contribution >= 4 is 16.6 Å². The molecule has 0 bridgehead atoms. The van der Waals surface area contributed by atoms with Gasteiger partial charge in [-0.2, -0.15) is 5.26 Å². The minimum absolute atomic E-state index is 0.355. The van der Waals surface area contributed by atoms with Gasteiger partial charge in [0, 0.05) is 18.3 Å². The van der Waals surface area contributed by atoms with Crippen LogP contribution in [0, 0.1) is 11.3 Å².